The number of carbonyl (C=O) groups is 2. The summed E-state index contributed by atoms with van der Waals surface area (Å²) in [6.07, 6.45) is 0. The van der Waals surface area contributed by atoms with Crippen molar-refractivity contribution in [3.63, 3.8) is 0 Å². The molecule has 1 atom stereocenters. The molecule has 1 heterocycles. The zero-order valence-electron chi connectivity index (χ0n) is 9.92. The average Bonchev–Trinajstić information content (AvgIpc) is 2.38. The van der Waals surface area contributed by atoms with Crippen LogP contribution < -0.4 is 15.0 Å². The van der Waals surface area contributed by atoms with Crippen LogP contribution in [-0.4, -0.2) is 43.2 Å². The molecule has 1 aromatic carbocycles. The van der Waals surface area contributed by atoms with E-state index in [1.807, 2.05) is 0 Å². The number of benzene rings is 1. The number of carboxylic acids is 1. The molecule has 0 aromatic heterocycles. The molecule has 6 heteroatoms. The van der Waals surface area contributed by atoms with E-state index in [4.69, 9.17) is 9.84 Å². The Bertz CT molecular complexity index is 458. The molecule has 6 nitrogen and oxygen atoms in total. The Morgan fingerprint density at radius 3 is 2.67 bits per heavy atom. The fraction of sp³-hybridized carbons (Fsp3) is 0.333. The van der Waals surface area contributed by atoms with Gasteiger partial charge in [0.1, 0.15) is 11.8 Å². The predicted molar refractivity (Wildman–Crippen MR) is 64.8 cm³/mol. The first-order valence-electron chi connectivity index (χ1n) is 5.53. The zero-order chi connectivity index (χ0) is 13.1. The Labute approximate surface area is 104 Å². The second-order valence-corrected chi connectivity index (χ2v) is 3.95. The summed E-state index contributed by atoms with van der Waals surface area (Å²) >= 11 is 0. The van der Waals surface area contributed by atoms with Crippen molar-refractivity contribution < 1.29 is 19.4 Å². The molecule has 2 N–H and O–H groups in total. The van der Waals surface area contributed by atoms with Gasteiger partial charge in [0.15, 0.2) is 0 Å². The first kappa shape index (κ1) is 12.4. The van der Waals surface area contributed by atoms with E-state index in [1.165, 1.54) is 4.90 Å². The number of nitrogens with zero attached hydrogens (tertiary/aromatic N) is 1. The molecule has 0 aliphatic carbocycles. The number of carboxylic acid groups (broad SMARTS) is 1. The topological polar surface area (TPSA) is 78.9 Å². The molecule has 1 unspecified atom stereocenters. The van der Waals surface area contributed by atoms with Crippen molar-refractivity contribution in [2.75, 3.05) is 25.1 Å². The number of anilines is 1. The summed E-state index contributed by atoms with van der Waals surface area (Å²) in [6.45, 7) is 0.392. The molecule has 1 aliphatic rings. The van der Waals surface area contributed by atoms with Crippen LogP contribution in [0.15, 0.2) is 24.3 Å². The lowest BCUT2D eigenvalue weighted by Gasteiger charge is -2.33. The number of piperazine rings is 1. The lowest BCUT2D eigenvalue weighted by molar-refractivity contribution is -0.140. The first-order valence-corrected chi connectivity index (χ1v) is 5.53. The van der Waals surface area contributed by atoms with E-state index < -0.39 is 12.0 Å². The maximum atomic E-state index is 11.8. The highest BCUT2D eigenvalue weighted by Gasteiger charge is 2.34. The number of aliphatic carboxylic acids is 1. The number of amides is 1. The molecule has 1 amide bonds. The fourth-order valence-corrected chi connectivity index (χ4v) is 1.93. The SMILES string of the molecule is COc1ccc(N2C(=O)CNCC2C(=O)O)cc1. The minimum absolute atomic E-state index is 0.149. The molecule has 2 rings (SSSR count). The van der Waals surface area contributed by atoms with Gasteiger partial charge in [-0.2, -0.15) is 0 Å². The Kier molecular flexibility index (Phi) is 3.47. The van der Waals surface area contributed by atoms with Gasteiger partial charge >= 0.3 is 5.97 Å². The van der Waals surface area contributed by atoms with Crippen LogP contribution in [0.4, 0.5) is 5.69 Å². The summed E-state index contributed by atoms with van der Waals surface area (Å²) in [5.74, 6) is -0.613. The van der Waals surface area contributed by atoms with E-state index in [-0.39, 0.29) is 19.0 Å². The van der Waals surface area contributed by atoms with Crippen LogP contribution in [0.1, 0.15) is 0 Å². The van der Waals surface area contributed by atoms with Crippen LogP contribution in [0.25, 0.3) is 0 Å². The minimum Gasteiger partial charge on any atom is -0.497 e. The maximum Gasteiger partial charge on any atom is 0.328 e. The van der Waals surface area contributed by atoms with E-state index >= 15 is 0 Å². The summed E-state index contributed by atoms with van der Waals surface area (Å²) in [6, 6.07) is 5.88. The lowest BCUT2D eigenvalue weighted by Crippen LogP contribution is -2.58. The average molecular weight is 250 g/mol. The van der Waals surface area contributed by atoms with E-state index in [2.05, 4.69) is 5.32 Å². The summed E-state index contributed by atoms with van der Waals surface area (Å²) < 4.78 is 5.03. The van der Waals surface area contributed by atoms with Crippen molar-refractivity contribution in [2.45, 2.75) is 6.04 Å². The van der Waals surface area contributed by atoms with Gasteiger partial charge in [0.05, 0.1) is 13.7 Å². The molecule has 0 bridgehead atoms. The number of methoxy groups -OCH3 is 1. The largest absolute Gasteiger partial charge is 0.497 e. The number of carbonyl (C=O) groups excluding carboxylic acids is 1. The second-order valence-electron chi connectivity index (χ2n) is 3.95. The van der Waals surface area contributed by atoms with Gasteiger partial charge in [-0.25, -0.2) is 4.79 Å². The van der Waals surface area contributed by atoms with Crippen molar-refractivity contribution in [1.29, 1.82) is 0 Å². The van der Waals surface area contributed by atoms with Crippen molar-refractivity contribution in [2.24, 2.45) is 0 Å². The molecule has 18 heavy (non-hydrogen) atoms. The van der Waals surface area contributed by atoms with Crippen LogP contribution in [0.5, 0.6) is 5.75 Å². The number of rotatable bonds is 3. The molecule has 0 radical (unpaired) electrons. The van der Waals surface area contributed by atoms with Crippen molar-refractivity contribution in [3.05, 3.63) is 24.3 Å². The van der Waals surface area contributed by atoms with Gasteiger partial charge in [-0.3, -0.25) is 9.69 Å². The highest BCUT2D eigenvalue weighted by molar-refractivity contribution is 6.01. The maximum absolute atomic E-state index is 11.8. The molecular formula is C12H14N2O4. The third kappa shape index (κ3) is 2.28. The number of ether oxygens (including phenoxy) is 1. The molecule has 0 saturated carbocycles. The number of nitrogens with one attached hydrogen (secondary N) is 1. The third-order valence-electron chi connectivity index (χ3n) is 2.83. The zero-order valence-corrected chi connectivity index (χ0v) is 9.92. The van der Waals surface area contributed by atoms with Gasteiger partial charge in [0.2, 0.25) is 5.91 Å². The lowest BCUT2D eigenvalue weighted by atomic mass is 10.1. The van der Waals surface area contributed by atoms with Crippen LogP contribution in [0, 0.1) is 0 Å². The number of hydrogen-bond acceptors (Lipinski definition) is 4. The highest BCUT2D eigenvalue weighted by atomic mass is 16.5. The monoisotopic (exact) mass is 250 g/mol. The van der Waals surface area contributed by atoms with E-state index in [1.54, 1.807) is 31.4 Å². The number of hydrogen-bond donors (Lipinski definition) is 2. The smallest absolute Gasteiger partial charge is 0.328 e. The summed E-state index contributed by atoms with van der Waals surface area (Å²) in [7, 11) is 1.55. The molecule has 1 aliphatic heterocycles. The van der Waals surface area contributed by atoms with Gasteiger partial charge in [0, 0.05) is 12.2 Å². The van der Waals surface area contributed by atoms with Crippen LogP contribution in [-0.2, 0) is 9.59 Å². The molecule has 1 saturated heterocycles. The van der Waals surface area contributed by atoms with Crippen molar-refractivity contribution in [3.8, 4) is 5.75 Å². The summed E-state index contributed by atoms with van der Waals surface area (Å²) in [4.78, 5) is 24.3. The van der Waals surface area contributed by atoms with Gasteiger partial charge in [-0.05, 0) is 24.3 Å². The molecule has 1 aromatic rings. The Hall–Kier alpha value is -2.08. The van der Waals surface area contributed by atoms with E-state index in [9.17, 15) is 9.59 Å². The van der Waals surface area contributed by atoms with Gasteiger partial charge in [-0.15, -0.1) is 0 Å². The molecule has 96 valence electrons. The second kappa shape index (κ2) is 5.05. The van der Waals surface area contributed by atoms with Crippen molar-refractivity contribution >= 4 is 17.6 Å². The minimum atomic E-state index is -1.02. The predicted octanol–water partition coefficient (Wildman–Crippen LogP) is 0.0846. The van der Waals surface area contributed by atoms with E-state index in [0.717, 1.165) is 0 Å². The molecule has 0 spiro atoms. The standard InChI is InChI=1S/C12H14N2O4/c1-18-9-4-2-8(3-5-9)14-10(12(16)17)6-13-7-11(14)15/h2-5,10,13H,6-7H2,1H3,(H,16,17). The van der Waals surface area contributed by atoms with Gasteiger partial charge in [0.25, 0.3) is 0 Å². The summed E-state index contributed by atoms with van der Waals surface area (Å²) in [5, 5.41) is 11.9. The fourth-order valence-electron chi connectivity index (χ4n) is 1.93. The van der Waals surface area contributed by atoms with Crippen molar-refractivity contribution in [1.82, 2.24) is 5.32 Å². The van der Waals surface area contributed by atoms with E-state index in [0.29, 0.717) is 11.4 Å². The summed E-state index contributed by atoms with van der Waals surface area (Å²) in [5.41, 5.74) is 0.565. The third-order valence-corrected chi connectivity index (χ3v) is 2.83. The van der Waals surface area contributed by atoms with Crippen LogP contribution in [0.3, 0.4) is 0 Å². The van der Waals surface area contributed by atoms with Gasteiger partial charge in [-0.1, -0.05) is 0 Å². The molecule has 1 fully saturated rings. The van der Waals surface area contributed by atoms with Gasteiger partial charge < -0.3 is 15.2 Å². The Morgan fingerprint density at radius 2 is 2.11 bits per heavy atom. The van der Waals surface area contributed by atoms with Crippen LogP contribution >= 0.6 is 0 Å². The quantitative estimate of drug-likeness (QED) is 0.794. The van der Waals surface area contributed by atoms with Crippen LogP contribution in [0.2, 0.25) is 0 Å². The normalized spacial score (nSPS) is 19.7. The molecular weight excluding hydrogens is 236 g/mol. The highest BCUT2D eigenvalue weighted by Crippen LogP contribution is 2.22. The first-order chi connectivity index (χ1) is 8.63. The Morgan fingerprint density at radius 1 is 1.44 bits per heavy atom. The Balaban J connectivity index is 2.31.